The number of nitrogen functional groups attached to an aromatic ring is 1. The van der Waals surface area contributed by atoms with Gasteiger partial charge in [0.2, 0.25) is 0 Å². The van der Waals surface area contributed by atoms with Gasteiger partial charge in [-0.2, -0.15) is 0 Å². The molecule has 0 amide bonds. The molecule has 0 radical (unpaired) electrons. The molecule has 0 aliphatic rings. The summed E-state index contributed by atoms with van der Waals surface area (Å²) in [7, 11) is 0.664. The van der Waals surface area contributed by atoms with E-state index in [9.17, 15) is 4.70 Å². The first-order valence-corrected chi connectivity index (χ1v) is 3.61. The fraction of sp³-hybridized carbons (Fsp3) is 0.125. The topological polar surface area (TPSA) is 55.4 Å². The molecule has 0 aliphatic carbocycles. The molecule has 0 heterocycles. The van der Waals surface area contributed by atoms with Gasteiger partial charge in [0.15, 0.2) is 0 Å². The summed E-state index contributed by atoms with van der Waals surface area (Å²) < 4.78 is 9.88. The summed E-state index contributed by atoms with van der Waals surface area (Å²) in [5, 5.41) is 0. The Morgan fingerprint density at radius 1 is 1.42 bits per heavy atom. The number of hydrogen-bond acceptors (Lipinski definition) is 3. The van der Waals surface area contributed by atoms with Gasteiger partial charge in [0.25, 0.3) is 0 Å². The normalized spacial score (nSPS) is 10.0. The van der Waals surface area contributed by atoms with Crippen molar-refractivity contribution >= 4 is 19.0 Å². The van der Waals surface area contributed by atoms with Crippen molar-refractivity contribution < 1.29 is 4.70 Å². The number of nitrogens with two attached hydrogens (primary N) is 1. The minimum atomic E-state index is 0.527. The van der Waals surface area contributed by atoms with Gasteiger partial charge in [-0.15, -0.1) is 0 Å². The molecule has 1 aromatic carbocycles. The SMILES string of the molecule is Nc1ccc(CN=CB=O)cc1. The van der Waals surface area contributed by atoms with Crippen LogP contribution in [0.15, 0.2) is 29.3 Å². The summed E-state index contributed by atoms with van der Waals surface area (Å²) in [6.07, 6.45) is 1.25. The Morgan fingerprint density at radius 3 is 2.67 bits per heavy atom. The molecule has 0 bridgehead atoms. The van der Waals surface area contributed by atoms with Crippen LogP contribution in [0, 0.1) is 0 Å². The van der Waals surface area contributed by atoms with Crippen LogP contribution in [0.5, 0.6) is 0 Å². The molecule has 1 rings (SSSR count). The molecule has 3 nitrogen and oxygen atoms in total. The van der Waals surface area contributed by atoms with Crippen LogP contribution in [0.3, 0.4) is 0 Å². The molecule has 4 heteroatoms. The van der Waals surface area contributed by atoms with Crippen LogP contribution in [-0.2, 0) is 11.2 Å². The number of aliphatic imine (C=N–C) groups is 1. The van der Waals surface area contributed by atoms with Gasteiger partial charge in [-0.3, -0.25) is 0 Å². The molecule has 0 saturated carbocycles. The minimum absolute atomic E-state index is 0.527. The second-order valence-electron chi connectivity index (χ2n) is 2.37. The third kappa shape index (κ3) is 2.66. The average molecular weight is 160 g/mol. The van der Waals surface area contributed by atoms with Gasteiger partial charge in [0.05, 0.1) is 0 Å². The van der Waals surface area contributed by atoms with Crippen LogP contribution in [0.1, 0.15) is 5.56 Å². The van der Waals surface area contributed by atoms with Gasteiger partial charge >= 0.3 is 70.8 Å². The van der Waals surface area contributed by atoms with Gasteiger partial charge in [-0.25, -0.2) is 0 Å². The van der Waals surface area contributed by atoms with Crippen molar-refractivity contribution in [3.05, 3.63) is 29.8 Å². The molecule has 2 N–H and O–H groups in total. The van der Waals surface area contributed by atoms with Crippen molar-refractivity contribution in [1.82, 2.24) is 0 Å². The van der Waals surface area contributed by atoms with Gasteiger partial charge < -0.3 is 0 Å². The van der Waals surface area contributed by atoms with Crippen LogP contribution in [0.4, 0.5) is 5.69 Å². The predicted molar refractivity (Wildman–Crippen MR) is 49.5 cm³/mol. The number of anilines is 1. The van der Waals surface area contributed by atoms with Crippen molar-refractivity contribution in [1.29, 1.82) is 0 Å². The zero-order valence-electron chi connectivity index (χ0n) is 6.60. The van der Waals surface area contributed by atoms with E-state index in [1.165, 1.54) is 6.11 Å². The Labute approximate surface area is 71.6 Å². The van der Waals surface area contributed by atoms with Gasteiger partial charge in [0, 0.05) is 0 Å². The summed E-state index contributed by atoms with van der Waals surface area (Å²) in [6, 6.07) is 7.40. The molecular formula is C8H9BN2O. The molecule has 0 saturated heterocycles. The second kappa shape index (κ2) is 4.44. The van der Waals surface area contributed by atoms with E-state index in [2.05, 4.69) is 4.99 Å². The van der Waals surface area contributed by atoms with E-state index >= 15 is 0 Å². The summed E-state index contributed by atoms with van der Waals surface area (Å²) >= 11 is 0. The zero-order chi connectivity index (χ0) is 8.81. The second-order valence-corrected chi connectivity index (χ2v) is 2.37. The van der Waals surface area contributed by atoms with E-state index in [1.54, 1.807) is 0 Å². The van der Waals surface area contributed by atoms with Crippen LogP contribution in [-0.4, -0.2) is 13.3 Å². The van der Waals surface area contributed by atoms with Gasteiger partial charge in [-0.05, 0) is 0 Å². The molecular weight excluding hydrogens is 151 g/mol. The van der Waals surface area contributed by atoms with Gasteiger partial charge in [-0.1, -0.05) is 0 Å². The van der Waals surface area contributed by atoms with Crippen molar-refractivity contribution in [2.75, 3.05) is 5.73 Å². The van der Waals surface area contributed by atoms with E-state index in [-0.39, 0.29) is 0 Å². The standard InChI is InChI=1S/C8H9BN2O/c10-8-3-1-7(2-4-8)5-11-6-9-12/h1-4,6H,5,10H2. The first-order chi connectivity index (χ1) is 5.83. The third-order valence-corrected chi connectivity index (χ3v) is 1.42. The summed E-state index contributed by atoms with van der Waals surface area (Å²) in [4.78, 5) is 3.86. The molecule has 0 aromatic heterocycles. The molecule has 60 valence electrons. The molecule has 12 heavy (non-hydrogen) atoms. The Bertz CT molecular complexity index is 282. The van der Waals surface area contributed by atoms with Crippen LogP contribution in [0.2, 0.25) is 0 Å². The quantitative estimate of drug-likeness (QED) is 0.404. The molecule has 1 aromatic rings. The predicted octanol–water partition coefficient (Wildman–Crippen LogP) is 0.847. The van der Waals surface area contributed by atoms with Crippen molar-refractivity contribution in [2.45, 2.75) is 6.54 Å². The zero-order valence-corrected chi connectivity index (χ0v) is 6.60. The van der Waals surface area contributed by atoms with Crippen LogP contribution < -0.4 is 5.73 Å². The monoisotopic (exact) mass is 160 g/mol. The van der Waals surface area contributed by atoms with Crippen molar-refractivity contribution in [2.24, 2.45) is 4.99 Å². The number of hydrogen-bond donors (Lipinski definition) is 1. The Hall–Kier alpha value is -1.45. The van der Waals surface area contributed by atoms with E-state index in [4.69, 9.17) is 5.73 Å². The number of nitrogens with zero attached hydrogens (tertiary/aromatic N) is 1. The Morgan fingerprint density at radius 2 is 2.08 bits per heavy atom. The van der Waals surface area contributed by atoms with E-state index in [0.29, 0.717) is 13.7 Å². The first-order valence-electron chi connectivity index (χ1n) is 3.61. The Balaban J connectivity index is 2.58. The van der Waals surface area contributed by atoms with E-state index in [1.807, 2.05) is 24.3 Å². The van der Waals surface area contributed by atoms with E-state index in [0.717, 1.165) is 11.3 Å². The molecule has 0 unspecified atom stereocenters. The molecule has 0 fully saturated rings. The van der Waals surface area contributed by atoms with Crippen molar-refractivity contribution in [3.63, 3.8) is 0 Å². The number of rotatable bonds is 3. The maximum atomic E-state index is 9.88. The number of benzene rings is 1. The van der Waals surface area contributed by atoms with E-state index < -0.39 is 0 Å². The summed E-state index contributed by atoms with van der Waals surface area (Å²) in [6.45, 7) is 0.527. The maximum absolute atomic E-state index is 9.88. The molecule has 0 spiro atoms. The fourth-order valence-corrected chi connectivity index (χ4v) is 0.824. The summed E-state index contributed by atoms with van der Waals surface area (Å²) in [5.41, 5.74) is 7.27. The fourth-order valence-electron chi connectivity index (χ4n) is 0.824. The Kier molecular flexibility index (Phi) is 3.20. The third-order valence-electron chi connectivity index (χ3n) is 1.42. The summed E-state index contributed by atoms with van der Waals surface area (Å²) in [5.74, 6) is 0. The first kappa shape index (κ1) is 8.65. The molecule has 0 atom stereocenters. The van der Waals surface area contributed by atoms with Crippen LogP contribution >= 0.6 is 0 Å². The average Bonchev–Trinajstić information content (AvgIpc) is 2.09. The van der Waals surface area contributed by atoms with Gasteiger partial charge in [0.1, 0.15) is 0 Å². The molecule has 0 aliphatic heterocycles. The van der Waals surface area contributed by atoms with Crippen molar-refractivity contribution in [3.8, 4) is 0 Å². The van der Waals surface area contributed by atoms with Crippen LogP contribution in [0.25, 0.3) is 0 Å².